The number of hydrogen-bond acceptors (Lipinski definition) is 6. The molecular weight excluding hydrogens is 569 g/mol. The topological polar surface area (TPSA) is 48.7 Å². The molecule has 1 aromatic heterocycles. The molecule has 210 valence electrons. The SMILES string of the molecule is CCC(CCc1cc(-c2ccc(Cl)cc2)oc1/C=C1/SC(=S)N(C2CC3CCC2C3)C1=O)N1CCNCC1.Cl. The van der Waals surface area contributed by atoms with Gasteiger partial charge in [-0.1, -0.05) is 48.9 Å². The van der Waals surface area contributed by atoms with Gasteiger partial charge in [0.1, 0.15) is 15.8 Å². The van der Waals surface area contributed by atoms with Gasteiger partial charge in [0.15, 0.2) is 0 Å². The predicted molar refractivity (Wildman–Crippen MR) is 167 cm³/mol. The maximum atomic E-state index is 13.6. The number of thiocarbonyl (C=S) groups is 1. The minimum Gasteiger partial charge on any atom is -0.456 e. The Hall–Kier alpha value is -1.35. The normalized spacial score (nSPS) is 27.0. The number of furan rings is 1. The highest BCUT2D eigenvalue weighted by molar-refractivity contribution is 8.26. The number of carbonyl (C=O) groups excluding carboxylic acids is 1. The van der Waals surface area contributed by atoms with E-state index in [9.17, 15) is 4.79 Å². The smallest absolute Gasteiger partial charge is 0.266 e. The number of piperazine rings is 1. The monoisotopic (exact) mass is 605 g/mol. The van der Waals surface area contributed by atoms with E-state index in [4.69, 9.17) is 28.2 Å². The Morgan fingerprint density at radius 3 is 2.64 bits per heavy atom. The number of nitrogens with zero attached hydrogens (tertiary/aromatic N) is 2. The first kappa shape index (κ1) is 29.2. The van der Waals surface area contributed by atoms with Crippen LogP contribution in [0.1, 0.15) is 56.8 Å². The summed E-state index contributed by atoms with van der Waals surface area (Å²) in [7, 11) is 0. The van der Waals surface area contributed by atoms with Gasteiger partial charge < -0.3 is 9.73 Å². The first-order chi connectivity index (χ1) is 18.5. The summed E-state index contributed by atoms with van der Waals surface area (Å²) in [6, 6.07) is 10.7. The molecule has 5 nitrogen and oxygen atoms in total. The average Bonchev–Trinajstić information content (AvgIpc) is 3.71. The van der Waals surface area contributed by atoms with Crippen molar-refractivity contribution in [3.63, 3.8) is 0 Å². The number of fused-ring (bicyclic) bond motifs is 2. The van der Waals surface area contributed by atoms with Crippen LogP contribution in [0.3, 0.4) is 0 Å². The lowest BCUT2D eigenvalue weighted by molar-refractivity contribution is -0.124. The number of nitrogens with one attached hydrogen (secondary N) is 1. The van der Waals surface area contributed by atoms with Crippen molar-refractivity contribution in [2.24, 2.45) is 11.8 Å². The lowest BCUT2D eigenvalue weighted by atomic mass is 9.94. The fourth-order valence-electron chi connectivity index (χ4n) is 6.94. The zero-order chi connectivity index (χ0) is 26.2. The standard InChI is InChI=1S/C30H36ClN3O2S2.ClH/c1-2-24(33-13-11-32-12-14-33)10-7-22-17-26(20-5-8-23(31)9-6-20)36-27(22)18-28-29(35)34(30(37)38-28)25-16-19-3-4-21(25)15-19;/h5-6,8-9,17-19,21,24-25,32H,2-4,7,10-16H2,1H3;1H/b28-18+;. The number of amides is 1. The van der Waals surface area contributed by atoms with Gasteiger partial charge in [-0.3, -0.25) is 14.6 Å². The molecule has 3 heterocycles. The Bertz CT molecular complexity index is 1230. The highest BCUT2D eigenvalue weighted by atomic mass is 35.5. The summed E-state index contributed by atoms with van der Waals surface area (Å²) in [4.78, 5) is 18.8. The number of rotatable bonds is 8. The van der Waals surface area contributed by atoms with Crippen molar-refractivity contribution in [3.05, 3.63) is 51.6 Å². The molecule has 4 atom stereocenters. The van der Waals surface area contributed by atoms with Crippen LogP contribution in [0.2, 0.25) is 5.02 Å². The molecule has 4 aliphatic rings. The minimum absolute atomic E-state index is 0. The summed E-state index contributed by atoms with van der Waals surface area (Å²) >= 11 is 13.3. The van der Waals surface area contributed by atoms with Gasteiger partial charge in [0.2, 0.25) is 0 Å². The Morgan fingerprint density at radius 1 is 1.21 bits per heavy atom. The van der Waals surface area contributed by atoms with Crippen LogP contribution in [0.4, 0.5) is 0 Å². The fourth-order valence-corrected chi connectivity index (χ4v) is 8.41. The zero-order valence-corrected chi connectivity index (χ0v) is 25.6. The van der Waals surface area contributed by atoms with Gasteiger partial charge in [-0.2, -0.15) is 0 Å². The third-order valence-corrected chi connectivity index (χ3v) is 10.6. The second-order valence-corrected chi connectivity index (χ2v) is 13.3. The van der Waals surface area contributed by atoms with Crippen LogP contribution < -0.4 is 5.32 Å². The van der Waals surface area contributed by atoms with E-state index < -0.39 is 0 Å². The molecule has 6 rings (SSSR count). The van der Waals surface area contributed by atoms with Crippen LogP contribution in [0, 0.1) is 11.8 Å². The summed E-state index contributed by atoms with van der Waals surface area (Å²) in [5.41, 5.74) is 2.13. The second-order valence-electron chi connectivity index (χ2n) is 11.2. The van der Waals surface area contributed by atoms with Gasteiger partial charge in [0.05, 0.1) is 4.91 Å². The predicted octanol–water partition coefficient (Wildman–Crippen LogP) is 7.03. The third-order valence-electron chi connectivity index (χ3n) is 8.97. The van der Waals surface area contributed by atoms with Crippen molar-refractivity contribution < 1.29 is 9.21 Å². The quantitative estimate of drug-likeness (QED) is 0.257. The Labute approximate surface area is 252 Å². The first-order valence-corrected chi connectivity index (χ1v) is 15.7. The molecule has 1 aromatic carbocycles. The van der Waals surface area contributed by atoms with Crippen molar-refractivity contribution >= 4 is 64.3 Å². The molecule has 1 amide bonds. The maximum absolute atomic E-state index is 13.6. The van der Waals surface area contributed by atoms with E-state index in [2.05, 4.69) is 23.2 Å². The van der Waals surface area contributed by atoms with Crippen LogP contribution >= 0.6 is 48.0 Å². The fraction of sp³-hybridized carbons (Fsp3) is 0.533. The van der Waals surface area contributed by atoms with Crippen molar-refractivity contribution in [1.29, 1.82) is 0 Å². The van der Waals surface area contributed by atoms with E-state index in [0.29, 0.717) is 26.2 Å². The van der Waals surface area contributed by atoms with Gasteiger partial charge in [0, 0.05) is 54.9 Å². The number of halogens is 2. The molecule has 2 saturated carbocycles. The van der Waals surface area contributed by atoms with Gasteiger partial charge >= 0.3 is 0 Å². The van der Waals surface area contributed by atoms with E-state index in [1.807, 2.05) is 35.2 Å². The van der Waals surface area contributed by atoms with Crippen LogP contribution in [-0.4, -0.2) is 58.3 Å². The van der Waals surface area contributed by atoms with E-state index in [1.165, 1.54) is 31.0 Å². The number of aryl methyl sites for hydroxylation is 1. The Morgan fingerprint density at radius 2 is 1.97 bits per heavy atom. The molecule has 2 aliphatic heterocycles. The number of hydrogen-bond donors (Lipinski definition) is 1. The summed E-state index contributed by atoms with van der Waals surface area (Å²) in [6.45, 7) is 6.58. The molecule has 9 heteroatoms. The molecule has 1 N–H and O–H groups in total. The highest BCUT2D eigenvalue weighted by Gasteiger charge is 2.48. The molecule has 39 heavy (non-hydrogen) atoms. The third kappa shape index (κ3) is 6.14. The Kier molecular flexibility index (Phi) is 9.47. The number of thioether (sulfide) groups is 1. The van der Waals surface area contributed by atoms with Crippen molar-refractivity contribution in [2.75, 3.05) is 26.2 Å². The lowest BCUT2D eigenvalue weighted by Crippen LogP contribution is -2.48. The van der Waals surface area contributed by atoms with Gasteiger partial charge in [0.25, 0.3) is 5.91 Å². The van der Waals surface area contributed by atoms with Gasteiger partial charge in [-0.15, -0.1) is 12.4 Å². The van der Waals surface area contributed by atoms with E-state index >= 15 is 0 Å². The van der Waals surface area contributed by atoms with Crippen LogP contribution in [0.5, 0.6) is 0 Å². The summed E-state index contributed by atoms with van der Waals surface area (Å²) in [5.74, 6) is 3.01. The van der Waals surface area contributed by atoms with Crippen LogP contribution in [0.25, 0.3) is 17.4 Å². The number of carbonyl (C=O) groups is 1. The molecule has 2 saturated heterocycles. The van der Waals surface area contributed by atoms with Gasteiger partial charge in [-0.05, 0) is 86.3 Å². The summed E-state index contributed by atoms with van der Waals surface area (Å²) < 4.78 is 7.14. The molecule has 2 aromatic rings. The first-order valence-electron chi connectivity index (χ1n) is 14.1. The molecule has 2 aliphatic carbocycles. The molecular formula is C30H37Cl2N3O2S2. The highest BCUT2D eigenvalue weighted by Crippen LogP contribution is 2.49. The molecule has 0 radical (unpaired) electrons. The summed E-state index contributed by atoms with van der Waals surface area (Å²) in [5, 5.41) is 4.16. The van der Waals surface area contributed by atoms with Crippen LogP contribution in [-0.2, 0) is 11.2 Å². The average molecular weight is 607 g/mol. The lowest BCUT2D eigenvalue weighted by Gasteiger charge is -2.34. The van der Waals surface area contributed by atoms with E-state index in [-0.39, 0.29) is 24.4 Å². The minimum atomic E-state index is 0. The summed E-state index contributed by atoms with van der Waals surface area (Å²) in [6.07, 6.45) is 9.92. The van der Waals surface area contributed by atoms with Crippen molar-refractivity contribution in [3.8, 4) is 11.3 Å². The van der Waals surface area contributed by atoms with Crippen LogP contribution in [0.15, 0.2) is 39.7 Å². The molecule has 4 fully saturated rings. The zero-order valence-electron chi connectivity index (χ0n) is 22.4. The van der Waals surface area contributed by atoms with E-state index in [0.717, 1.165) is 80.4 Å². The van der Waals surface area contributed by atoms with E-state index in [1.54, 1.807) is 0 Å². The van der Waals surface area contributed by atoms with Crippen molar-refractivity contribution in [2.45, 2.75) is 64.0 Å². The second kappa shape index (κ2) is 12.7. The molecule has 4 unspecified atom stereocenters. The Balaban J connectivity index is 0.00000308. The molecule has 0 spiro atoms. The largest absolute Gasteiger partial charge is 0.456 e. The molecule has 2 bridgehead atoms. The van der Waals surface area contributed by atoms with Gasteiger partial charge in [-0.25, -0.2) is 0 Å². The number of benzene rings is 1. The maximum Gasteiger partial charge on any atom is 0.266 e. The van der Waals surface area contributed by atoms with Crippen molar-refractivity contribution in [1.82, 2.24) is 15.1 Å².